The van der Waals surface area contributed by atoms with Crippen LogP contribution in [-0.4, -0.2) is 10.2 Å². The molecule has 1 aromatic rings. The standard InChI is InChI=1S/C26H46O2/c1-7-26(5,6)20-14-9-8-12-16-22-21(17-18-23(27)24(22)28)15-11-10-13-19-25(2,3)4/h17-18,27-28H,7-16,19-20H2,1-6H3. The van der Waals surface area contributed by atoms with Crippen molar-refractivity contribution in [3.63, 3.8) is 0 Å². The van der Waals surface area contributed by atoms with Crippen molar-refractivity contribution in [2.45, 2.75) is 119 Å². The lowest BCUT2D eigenvalue weighted by atomic mass is 9.84. The summed E-state index contributed by atoms with van der Waals surface area (Å²) in [6, 6.07) is 3.66. The molecule has 2 nitrogen and oxygen atoms in total. The first kappa shape index (κ1) is 24.9. The molecular formula is C26H46O2. The van der Waals surface area contributed by atoms with Gasteiger partial charge in [-0.3, -0.25) is 0 Å². The Kier molecular flexibility index (Phi) is 10.4. The normalized spacial score (nSPS) is 12.5. The molecule has 1 aromatic carbocycles. The average Bonchev–Trinajstić information content (AvgIpc) is 2.61. The average molecular weight is 391 g/mol. The summed E-state index contributed by atoms with van der Waals surface area (Å²) in [5.74, 6) is 0.135. The zero-order valence-corrected chi connectivity index (χ0v) is 19.5. The van der Waals surface area contributed by atoms with Gasteiger partial charge in [-0.1, -0.05) is 86.1 Å². The molecule has 2 heteroatoms. The van der Waals surface area contributed by atoms with E-state index in [4.69, 9.17) is 0 Å². The monoisotopic (exact) mass is 390 g/mol. The number of rotatable bonds is 13. The van der Waals surface area contributed by atoms with Crippen molar-refractivity contribution < 1.29 is 10.2 Å². The molecule has 0 spiro atoms. The molecule has 0 aliphatic heterocycles. The van der Waals surface area contributed by atoms with Crippen LogP contribution in [0.3, 0.4) is 0 Å². The summed E-state index contributed by atoms with van der Waals surface area (Å²) in [4.78, 5) is 0. The van der Waals surface area contributed by atoms with Crippen LogP contribution in [0, 0.1) is 10.8 Å². The molecule has 0 fully saturated rings. The lowest BCUT2D eigenvalue weighted by Gasteiger charge is -2.22. The van der Waals surface area contributed by atoms with Crippen LogP contribution in [0.2, 0.25) is 0 Å². The Labute approximate surface area is 174 Å². The lowest BCUT2D eigenvalue weighted by Crippen LogP contribution is -2.08. The van der Waals surface area contributed by atoms with Gasteiger partial charge >= 0.3 is 0 Å². The summed E-state index contributed by atoms with van der Waals surface area (Å²) in [5.41, 5.74) is 3.07. The quantitative estimate of drug-likeness (QED) is 0.263. The number of hydrogen-bond acceptors (Lipinski definition) is 2. The van der Waals surface area contributed by atoms with Gasteiger partial charge in [-0.2, -0.15) is 0 Å². The van der Waals surface area contributed by atoms with Crippen molar-refractivity contribution in [3.05, 3.63) is 23.3 Å². The van der Waals surface area contributed by atoms with Crippen LogP contribution in [-0.2, 0) is 12.8 Å². The van der Waals surface area contributed by atoms with Crippen molar-refractivity contribution in [1.82, 2.24) is 0 Å². The molecule has 2 N–H and O–H groups in total. The second kappa shape index (κ2) is 11.7. The predicted molar refractivity (Wildman–Crippen MR) is 122 cm³/mol. The third-order valence-electron chi connectivity index (χ3n) is 6.22. The maximum atomic E-state index is 10.4. The molecule has 162 valence electrons. The summed E-state index contributed by atoms with van der Waals surface area (Å²) in [6.45, 7) is 13.9. The molecule has 0 saturated carbocycles. The second-order valence-electron chi connectivity index (χ2n) is 10.6. The fourth-order valence-electron chi connectivity index (χ4n) is 3.76. The van der Waals surface area contributed by atoms with Crippen LogP contribution in [0.25, 0.3) is 0 Å². The van der Waals surface area contributed by atoms with Gasteiger partial charge in [0.1, 0.15) is 0 Å². The van der Waals surface area contributed by atoms with Crippen molar-refractivity contribution in [1.29, 1.82) is 0 Å². The van der Waals surface area contributed by atoms with Crippen LogP contribution >= 0.6 is 0 Å². The predicted octanol–water partition coefficient (Wildman–Crippen LogP) is 8.18. The first-order valence-corrected chi connectivity index (χ1v) is 11.6. The van der Waals surface area contributed by atoms with E-state index in [-0.39, 0.29) is 11.5 Å². The zero-order chi connectivity index (χ0) is 21.2. The topological polar surface area (TPSA) is 40.5 Å². The number of benzene rings is 1. The molecule has 0 amide bonds. The minimum Gasteiger partial charge on any atom is -0.504 e. The highest BCUT2D eigenvalue weighted by atomic mass is 16.3. The highest BCUT2D eigenvalue weighted by Crippen LogP contribution is 2.34. The Hall–Kier alpha value is -1.18. The maximum Gasteiger partial charge on any atom is 0.160 e. The third-order valence-corrected chi connectivity index (χ3v) is 6.22. The van der Waals surface area contributed by atoms with Crippen molar-refractivity contribution in [2.75, 3.05) is 0 Å². The van der Waals surface area contributed by atoms with E-state index in [0.29, 0.717) is 10.8 Å². The number of aromatic hydroxyl groups is 2. The molecule has 0 bridgehead atoms. The summed E-state index contributed by atoms with van der Waals surface area (Å²) in [5, 5.41) is 20.3. The van der Waals surface area contributed by atoms with Gasteiger partial charge in [-0.15, -0.1) is 0 Å². The molecule has 0 unspecified atom stereocenters. The smallest absolute Gasteiger partial charge is 0.160 e. The van der Waals surface area contributed by atoms with Gasteiger partial charge in [0.05, 0.1) is 0 Å². The Balaban J connectivity index is 2.46. The first-order valence-electron chi connectivity index (χ1n) is 11.6. The summed E-state index contributed by atoms with van der Waals surface area (Å²) < 4.78 is 0. The fraction of sp³-hybridized carbons (Fsp3) is 0.769. The van der Waals surface area contributed by atoms with Gasteiger partial charge in [0.15, 0.2) is 11.5 Å². The van der Waals surface area contributed by atoms with E-state index in [1.54, 1.807) is 6.07 Å². The van der Waals surface area contributed by atoms with Gasteiger partial charge < -0.3 is 10.2 Å². The maximum absolute atomic E-state index is 10.4. The van der Waals surface area contributed by atoms with Crippen LogP contribution in [0.4, 0.5) is 0 Å². The van der Waals surface area contributed by atoms with Crippen LogP contribution in [0.5, 0.6) is 11.5 Å². The molecule has 0 aliphatic carbocycles. The van der Waals surface area contributed by atoms with E-state index in [2.05, 4.69) is 41.5 Å². The number of phenols is 2. The lowest BCUT2D eigenvalue weighted by molar-refractivity contribution is 0.307. The molecule has 0 saturated heterocycles. The van der Waals surface area contributed by atoms with E-state index < -0.39 is 0 Å². The van der Waals surface area contributed by atoms with Crippen molar-refractivity contribution in [2.24, 2.45) is 10.8 Å². The summed E-state index contributed by atoms with van der Waals surface area (Å²) >= 11 is 0. The van der Waals surface area contributed by atoms with Crippen LogP contribution in [0.15, 0.2) is 12.1 Å². The van der Waals surface area contributed by atoms with Gasteiger partial charge in [0.25, 0.3) is 0 Å². The summed E-state index contributed by atoms with van der Waals surface area (Å²) in [6.07, 6.45) is 14.1. The highest BCUT2D eigenvalue weighted by molar-refractivity contribution is 5.49. The zero-order valence-electron chi connectivity index (χ0n) is 19.5. The van der Waals surface area contributed by atoms with Crippen LogP contribution in [0.1, 0.15) is 117 Å². The number of unbranched alkanes of at least 4 members (excludes halogenated alkanes) is 5. The molecule has 0 atom stereocenters. The molecule has 0 heterocycles. The first-order chi connectivity index (χ1) is 13.1. The molecular weight excluding hydrogens is 344 g/mol. The highest BCUT2D eigenvalue weighted by Gasteiger charge is 2.15. The van der Waals surface area contributed by atoms with E-state index in [1.165, 1.54) is 56.9 Å². The minimum atomic E-state index is 0.0242. The van der Waals surface area contributed by atoms with E-state index in [1.807, 2.05) is 6.07 Å². The number of aryl methyl sites for hydroxylation is 1. The van der Waals surface area contributed by atoms with Gasteiger partial charge in [-0.05, 0) is 61.0 Å². The third kappa shape index (κ3) is 9.85. The molecule has 28 heavy (non-hydrogen) atoms. The molecule has 0 aliphatic rings. The summed E-state index contributed by atoms with van der Waals surface area (Å²) in [7, 11) is 0. The molecule has 0 radical (unpaired) electrons. The van der Waals surface area contributed by atoms with Gasteiger partial charge in [0, 0.05) is 5.56 Å². The Morgan fingerprint density at radius 1 is 0.714 bits per heavy atom. The van der Waals surface area contributed by atoms with Gasteiger partial charge in [-0.25, -0.2) is 0 Å². The Morgan fingerprint density at radius 2 is 1.29 bits per heavy atom. The van der Waals surface area contributed by atoms with Crippen molar-refractivity contribution >= 4 is 0 Å². The fourth-order valence-corrected chi connectivity index (χ4v) is 3.76. The van der Waals surface area contributed by atoms with Crippen LogP contribution < -0.4 is 0 Å². The van der Waals surface area contributed by atoms with E-state index in [0.717, 1.165) is 31.2 Å². The number of hydrogen-bond donors (Lipinski definition) is 2. The Bertz CT molecular complexity index is 567. The largest absolute Gasteiger partial charge is 0.504 e. The molecule has 1 rings (SSSR count). The Morgan fingerprint density at radius 3 is 1.93 bits per heavy atom. The second-order valence-corrected chi connectivity index (χ2v) is 10.6. The molecule has 0 aromatic heterocycles. The minimum absolute atomic E-state index is 0.0242. The van der Waals surface area contributed by atoms with Crippen molar-refractivity contribution in [3.8, 4) is 11.5 Å². The SMILES string of the molecule is CCC(C)(C)CCCCCCc1c(CCCCCC(C)(C)C)ccc(O)c1O. The van der Waals surface area contributed by atoms with E-state index in [9.17, 15) is 10.2 Å². The van der Waals surface area contributed by atoms with E-state index >= 15 is 0 Å². The number of phenolic OH excluding ortho intramolecular Hbond substituents is 2. The van der Waals surface area contributed by atoms with Gasteiger partial charge in [0.2, 0.25) is 0 Å².